The summed E-state index contributed by atoms with van der Waals surface area (Å²) in [5.74, 6) is 0.661. The van der Waals surface area contributed by atoms with Crippen LogP contribution in [0.5, 0.6) is 5.75 Å². The number of carbonyl (C=O) groups excluding carboxylic acids is 2. The van der Waals surface area contributed by atoms with Crippen molar-refractivity contribution in [3.05, 3.63) is 59.7 Å². The number of fused-ring (bicyclic) bond motifs is 1. The molecule has 0 aromatic heterocycles. The third-order valence-corrected chi connectivity index (χ3v) is 5.75. The second kappa shape index (κ2) is 8.75. The molecule has 0 spiro atoms. The lowest BCUT2D eigenvalue weighted by Gasteiger charge is -2.29. The molecule has 4 rings (SSSR count). The first-order valence-corrected chi connectivity index (χ1v) is 10.2. The molecule has 1 atom stereocenters. The molecule has 0 bridgehead atoms. The predicted molar refractivity (Wildman–Crippen MR) is 114 cm³/mol. The van der Waals surface area contributed by atoms with Crippen LogP contribution in [-0.4, -0.2) is 68.2 Å². The van der Waals surface area contributed by atoms with Gasteiger partial charge in [0.05, 0.1) is 19.8 Å². The number of nitrogens with zero attached hydrogens (tertiary/aromatic N) is 3. The van der Waals surface area contributed by atoms with Gasteiger partial charge in [0.1, 0.15) is 12.3 Å². The van der Waals surface area contributed by atoms with Crippen molar-refractivity contribution >= 4 is 17.6 Å². The minimum atomic E-state index is -0.148. The van der Waals surface area contributed by atoms with Crippen molar-refractivity contribution in [1.82, 2.24) is 9.80 Å². The third kappa shape index (κ3) is 4.26. The topological polar surface area (TPSA) is 62.3 Å². The fourth-order valence-electron chi connectivity index (χ4n) is 3.95. The maximum absolute atomic E-state index is 12.8. The van der Waals surface area contributed by atoms with Crippen molar-refractivity contribution in [2.24, 2.45) is 0 Å². The Kier molecular flexibility index (Phi) is 5.90. The molecule has 2 aliphatic rings. The predicted octanol–water partition coefficient (Wildman–Crippen LogP) is 2.54. The number of urea groups is 1. The zero-order valence-corrected chi connectivity index (χ0v) is 17.4. The lowest BCUT2D eigenvalue weighted by Crippen LogP contribution is -2.44. The standard InChI is InChI=1S/C23H27N3O4/c1-24(14-21-13-17-5-3-4-6-18(17)16-30-21)22(27)15-25-11-12-26(23(25)28)19-7-9-20(29-2)10-8-19/h3-10,21H,11-16H2,1-2H3. The Morgan fingerprint density at radius 2 is 1.87 bits per heavy atom. The van der Waals surface area contributed by atoms with Crippen molar-refractivity contribution in [2.45, 2.75) is 19.1 Å². The number of anilines is 1. The highest BCUT2D eigenvalue weighted by molar-refractivity contribution is 5.96. The number of hydrogen-bond donors (Lipinski definition) is 0. The molecule has 2 aromatic carbocycles. The highest BCUT2D eigenvalue weighted by Crippen LogP contribution is 2.24. The van der Waals surface area contributed by atoms with Gasteiger partial charge in [0.15, 0.2) is 0 Å². The lowest BCUT2D eigenvalue weighted by molar-refractivity contribution is -0.132. The first-order valence-electron chi connectivity index (χ1n) is 10.2. The van der Waals surface area contributed by atoms with Crippen LogP contribution in [0.15, 0.2) is 48.5 Å². The van der Waals surface area contributed by atoms with Crippen molar-refractivity contribution in [3.63, 3.8) is 0 Å². The number of benzene rings is 2. The third-order valence-electron chi connectivity index (χ3n) is 5.75. The highest BCUT2D eigenvalue weighted by atomic mass is 16.5. The SMILES string of the molecule is COc1ccc(N2CCN(CC(=O)N(C)CC3Cc4ccccc4CO3)C2=O)cc1. The van der Waals surface area contributed by atoms with Crippen LogP contribution in [0.1, 0.15) is 11.1 Å². The smallest absolute Gasteiger partial charge is 0.325 e. The van der Waals surface area contributed by atoms with E-state index < -0.39 is 0 Å². The Hall–Kier alpha value is -3.06. The van der Waals surface area contributed by atoms with Gasteiger partial charge in [0.2, 0.25) is 5.91 Å². The van der Waals surface area contributed by atoms with Crippen LogP contribution in [-0.2, 0) is 22.6 Å². The normalized spacial score (nSPS) is 18.3. The summed E-state index contributed by atoms with van der Waals surface area (Å²) in [6, 6.07) is 15.4. The molecule has 0 N–H and O–H groups in total. The maximum atomic E-state index is 12.8. The molecular formula is C23H27N3O4. The lowest BCUT2D eigenvalue weighted by atomic mass is 9.99. The molecule has 1 saturated heterocycles. The molecule has 158 valence electrons. The van der Waals surface area contributed by atoms with Crippen LogP contribution in [0.4, 0.5) is 10.5 Å². The van der Waals surface area contributed by atoms with Gasteiger partial charge in [0.25, 0.3) is 0 Å². The van der Waals surface area contributed by atoms with Crippen molar-refractivity contribution in [3.8, 4) is 5.75 Å². The van der Waals surface area contributed by atoms with Crippen LogP contribution in [0, 0.1) is 0 Å². The van der Waals surface area contributed by atoms with Gasteiger partial charge in [-0.25, -0.2) is 4.79 Å². The Balaban J connectivity index is 1.31. The Morgan fingerprint density at radius 3 is 2.60 bits per heavy atom. The summed E-state index contributed by atoms with van der Waals surface area (Å²) in [4.78, 5) is 30.5. The molecule has 1 fully saturated rings. The number of ether oxygens (including phenoxy) is 2. The van der Waals surface area contributed by atoms with Crippen molar-refractivity contribution < 1.29 is 19.1 Å². The van der Waals surface area contributed by atoms with Crippen molar-refractivity contribution in [2.75, 3.05) is 45.2 Å². The second-order valence-electron chi connectivity index (χ2n) is 7.73. The first-order chi connectivity index (χ1) is 14.5. The van der Waals surface area contributed by atoms with E-state index in [4.69, 9.17) is 9.47 Å². The van der Waals surface area contributed by atoms with E-state index in [2.05, 4.69) is 12.1 Å². The summed E-state index contributed by atoms with van der Waals surface area (Å²) in [5, 5.41) is 0. The van der Waals surface area contributed by atoms with Gasteiger partial charge in [-0.1, -0.05) is 24.3 Å². The van der Waals surface area contributed by atoms with E-state index in [9.17, 15) is 9.59 Å². The molecule has 1 unspecified atom stereocenters. The van der Waals surface area contributed by atoms with Gasteiger partial charge in [-0.3, -0.25) is 9.69 Å². The quantitative estimate of drug-likeness (QED) is 0.736. The second-order valence-corrected chi connectivity index (χ2v) is 7.73. The average Bonchev–Trinajstić information content (AvgIpc) is 3.13. The van der Waals surface area contributed by atoms with Gasteiger partial charge < -0.3 is 19.3 Å². The van der Waals surface area contributed by atoms with Gasteiger partial charge in [-0.2, -0.15) is 0 Å². The largest absolute Gasteiger partial charge is 0.497 e. The van der Waals surface area contributed by atoms with Gasteiger partial charge in [-0.05, 0) is 35.4 Å². The number of methoxy groups -OCH3 is 1. The van der Waals surface area contributed by atoms with Gasteiger partial charge >= 0.3 is 6.03 Å². The maximum Gasteiger partial charge on any atom is 0.325 e. The number of rotatable bonds is 6. The van der Waals surface area contributed by atoms with E-state index in [-0.39, 0.29) is 24.6 Å². The number of amides is 3. The summed E-state index contributed by atoms with van der Waals surface area (Å²) < 4.78 is 11.1. The molecule has 0 aliphatic carbocycles. The average molecular weight is 409 g/mol. The fraction of sp³-hybridized carbons (Fsp3) is 0.391. The van der Waals surface area contributed by atoms with Crippen LogP contribution in [0.3, 0.4) is 0 Å². The van der Waals surface area contributed by atoms with E-state index in [1.54, 1.807) is 28.9 Å². The minimum absolute atomic E-state index is 0.0288. The Morgan fingerprint density at radius 1 is 1.13 bits per heavy atom. The zero-order valence-electron chi connectivity index (χ0n) is 17.4. The van der Waals surface area contributed by atoms with Crippen LogP contribution in [0.25, 0.3) is 0 Å². The Labute approximate surface area is 176 Å². The van der Waals surface area contributed by atoms with Crippen LogP contribution >= 0.6 is 0 Å². The zero-order chi connectivity index (χ0) is 21.1. The molecular weight excluding hydrogens is 382 g/mol. The van der Waals surface area contributed by atoms with Gasteiger partial charge in [-0.15, -0.1) is 0 Å². The minimum Gasteiger partial charge on any atom is -0.497 e. The monoisotopic (exact) mass is 409 g/mol. The van der Waals surface area contributed by atoms with E-state index >= 15 is 0 Å². The van der Waals surface area contributed by atoms with Crippen molar-refractivity contribution in [1.29, 1.82) is 0 Å². The van der Waals surface area contributed by atoms with Crippen LogP contribution in [0.2, 0.25) is 0 Å². The summed E-state index contributed by atoms with van der Waals surface area (Å²) in [6.45, 7) is 2.25. The fourth-order valence-corrected chi connectivity index (χ4v) is 3.95. The molecule has 2 aliphatic heterocycles. The molecule has 3 amide bonds. The summed E-state index contributed by atoms with van der Waals surface area (Å²) in [5.41, 5.74) is 3.29. The van der Waals surface area contributed by atoms with E-state index in [0.717, 1.165) is 17.9 Å². The van der Waals surface area contributed by atoms with E-state index in [1.165, 1.54) is 11.1 Å². The molecule has 0 saturated carbocycles. The molecule has 7 heteroatoms. The summed E-state index contributed by atoms with van der Waals surface area (Å²) in [7, 11) is 3.38. The van der Waals surface area contributed by atoms with E-state index in [1.807, 2.05) is 36.4 Å². The van der Waals surface area contributed by atoms with Gasteiger partial charge in [0, 0.05) is 38.8 Å². The number of likely N-dealkylation sites (N-methyl/N-ethyl adjacent to an activating group) is 1. The molecule has 30 heavy (non-hydrogen) atoms. The summed E-state index contributed by atoms with van der Waals surface area (Å²) >= 11 is 0. The summed E-state index contributed by atoms with van der Waals surface area (Å²) in [6.07, 6.45) is 0.765. The molecule has 2 aromatic rings. The number of carbonyl (C=O) groups is 2. The Bertz CT molecular complexity index is 915. The van der Waals surface area contributed by atoms with E-state index in [0.29, 0.717) is 26.2 Å². The molecule has 7 nitrogen and oxygen atoms in total. The molecule has 0 radical (unpaired) electrons. The van der Waals surface area contributed by atoms with Crippen LogP contribution < -0.4 is 9.64 Å². The highest BCUT2D eigenvalue weighted by Gasteiger charge is 2.32. The first kappa shape index (κ1) is 20.2. The number of hydrogen-bond acceptors (Lipinski definition) is 4. The molecule has 2 heterocycles.